The van der Waals surface area contributed by atoms with Crippen LogP contribution in [-0.4, -0.2) is 6.29 Å². The number of carbonyl (C=O) groups is 1. The molecule has 0 aliphatic rings. The monoisotopic (exact) mass is 175 g/mol. The second-order valence-corrected chi connectivity index (χ2v) is 1.31. The van der Waals surface area contributed by atoms with Crippen LogP contribution in [0.4, 0.5) is 0 Å². The second kappa shape index (κ2) is 9.91. The molecule has 0 saturated carbocycles. The first-order valence-corrected chi connectivity index (χ1v) is 2.35. The summed E-state index contributed by atoms with van der Waals surface area (Å²) in [6.45, 7) is 2.07. The van der Waals surface area contributed by atoms with Gasteiger partial charge in [-0.2, -0.15) is 0 Å². The first kappa shape index (κ1) is 10.7. The van der Waals surface area contributed by atoms with Crippen molar-refractivity contribution in [2.24, 2.45) is 0 Å². The molecule has 7 heavy (non-hydrogen) atoms. The van der Waals surface area contributed by atoms with Crippen molar-refractivity contribution in [2.45, 2.75) is 26.2 Å². The molecule has 0 aromatic carbocycles. The Balaban J connectivity index is 0. The van der Waals surface area contributed by atoms with Gasteiger partial charge in [0, 0.05) is 39.1 Å². The molecule has 0 atom stereocenters. The van der Waals surface area contributed by atoms with E-state index < -0.39 is 0 Å². The van der Waals surface area contributed by atoms with E-state index >= 15 is 0 Å². The maximum atomic E-state index is 9.56. The second-order valence-electron chi connectivity index (χ2n) is 1.31. The van der Waals surface area contributed by atoms with Gasteiger partial charge in [-0.25, -0.2) is 0 Å². The van der Waals surface area contributed by atoms with E-state index in [1.165, 1.54) is 0 Å². The minimum Gasteiger partial charge on any atom is -0.303 e. The molecule has 0 aromatic heterocycles. The maximum Gasteiger partial charge on any atom is 0.119 e. The van der Waals surface area contributed by atoms with Crippen molar-refractivity contribution in [3.63, 3.8) is 0 Å². The van der Waals surface area contributed by atoms with E-state index in [1.807, 2.05) is 0 Å². The SMILES string of the molecule is CCCCC=O.[Y]. The number of hydrogen-bond acceptors (Lipinski definition) is 1. The first-order valence-electron chi connectivity index (χ1n) is 2.35. The van der Waals surface area contributed by atoms with Crippen molar-refractivity contribution in [3.05, 3.63) is 0 Å². The van der Waals surface area contributed by atoms with Crippen LogP contribution >= 0.6 is 0 Å². The molecule has 0 heterocycles. The van der Waals surface area contributed by atoms with Gasteiger partial charge in [0.1, 0.15) is 6.29 Å². The molecule has 0 unspecified atom stereocenters. The molecule has 0 amide bonds. The first-order chi connectivity index (χ1) is 2.91. The molecule has 0 fully saturated rings. The van der Waals surface area contributed by atoms with Crippen molar-refractivity contribution in [1.29, 1.82) is 0 Å². The van der Waals surface area contributed by atoms with Crippen LogP contribution < -0.4 is 0 Å². The molecule has 1 nitrogen and oxygen atoms in total. The standard InChI is InChI=1S/C5H10O.Y/c1-2-3-4-5-6;/h5H,2-4H2,1H3;. The van der Waals surface area contributed by atoms with E-state index in [4.69, 9.17) is 0 Å². The van der Waals surface area contributed by atoms with Crippen LogP contribution in [0.25, 0.3) is 0 Å². The maximum absolute atomic E-state index is 9.56. The summed E-state index contributed by atoms with van der Waals surface area (Å²) in [6.07, 6.45) is 3.86. The third kappa shape index (κ3) is 10.8. The molecule has 39 valence electrons. The number of rotatable bonds is 3. The van der Waals surface area contributed by atoms with E-state index in [1.54, 1.807) is 0 Å². The van der Waals surface area contributed by atoms with Crippen LogP contribution in [0.5, 0.6) is 0 Å². The summed E-state index contributed by atoms with van der Waals surface area (Å²) in [5, 5.41) is 0. The molecular weight excluding hydrogens is 165 g/mol. The van der Waals surface area contributed by atoms with E-state index in [0.29, 0.717) is 0 Å². The number of unbranched alkanes of at least 4 members (excludes halogenated alkanes) is 2. The van der Waals surface area contributed by atoms with E-state index in [2.05, 4.69) is 6.92 Å². The van der Waals surface area contributed by atoms with Crippen molar-refractivity contribution in [1.82, 2.24) is 0 Å². The van der Waals surface area contributed by atoms with Crippen LogP contribution in [0.1, 0.15) is 26.2 Å². The van der Waals surface area contributed by atoms with Gasteiger partial charge in [0.2, 0.25) is 0 Å². The smallest absolute Gasteiger partial charge is 0.119 e. The zero-order valence-electron chi connectivity index (χ0n) is 4.68. The topological polar surface area (TPSA) is 17.1 Å². The van der Waals surface area contributed by atoms with Gasteiger partial charge in [-0.05, 0) is 6.42 Å². The van der Waals surface area contributed by atoms with Crippen LogP contribution in [0.2, 0.25) is 0 Å². The van der Waals surface area contributed by atoms with Crippen molar-refractivity contribution >= 4 is 6.29 Å². The summed E-state index contributed by atoms with van der Waals surface area (Å²) >= 11 is 0. The Morgan fingerprint density at radius 3 is 2.29 bits per heavy atom. The average Bonchev–Trinajstić information content (AvgIpc) is 1.61. The molecule has 0 spiro atoms. The van der Waals surface area contributed by atoms with E-state index in [0.717, 1.165) is 25.5 Å². The normalized spacial score (nSPS) is 7.00. The number of hydrogen-bond donors (Lipinski definition) is 0. The van der Waals surface area contributed by atoms with Crippen molar-refractivity contribution < 1.29 is 37.5 Å². The molecule has 0 aromatic rings. The molecule has 0 rings (SSSR count). The van der Waals surface area contributed by atoms with Crippen LogP contribution in [0, 0.1) is 0 Å². The van der Waals surface area contributed by atoms with Gasteiger partial charge in [0.25, 0.3) is 0 Å². The predicted molar refractivity (Wildman–Crippen MR) is 25.6 cm³/mol. The fourth-order valence-electron chi connectivity index (χ4n) is 0.287. The van der Waals surface area contributed by atoms with Crippen LogP contribution in [0.3, 0.4) is 0 Å². The third-order valence-corrected chi connectivity index (χ3v) is 0.676. The Hall–Kier alpha value is 0.774. The fraction of sp³-hybridized carbons (Fsp3) is 0.800. The largest absolute Gasteiger partial charge is 0.303 e. The summed E-state index contributed by atoms with van der Waals surface area (Å²) in [4.78, 5) is 9.56. The quantitative estimate of drug-likeness (QED) is 0.467. The minimum absolute atomic E-state index is 0. The summed E-state index contributed by atoms with van der Waals surface area (Å²) in [6, 6.07) is 0. The molecule has 0 bridgehead atoms. The summed E-state index contributed by atoms with van der Waals surface area (Å²) < 4.78 is 0. The Labute approximate surface area is 69.7 Å². The van der Waals surface area contributed by atoms with Gasteiger partial charge >= 0.3 is 0 Å². The van der Waals surface area contributed by atoms with Gasteiger partial charge in [0.05, 0.1) is 0 Å². The van der Waals surface area contributed by atoms with Crippen LogP contribution in [0.15, 0.2) is 0 Å². The molecule has 1 radical (unpaired) electrons. The fourth-order valence-corrected chi connectivity index (χ4v) is 0.287. The molecule has 2 heteroatoms. The Kier molecular flexibility index (Phi) is 15.1. The van der Waals surface area contributed by atoms with Gasteiger partial charge < -0.3 is 4.79 Å². The van der Waals surface area contributed by atoms with Gasteiger partial charge in [-0.3, -0.25) is 0 Å². The summed E-state index contributed by atoms with van der Waals surface area (Å²) in [5.41, 5.74) is 0. The van der Waals surface area contributed by atoms with Gasteiger partial charge in [0.15, 0.2) is 0 Å². The number of carbonyl (C=O) groups excluding carboxylic acids is 1. The van der Waals surface area contributed by atoms with Gasteiger partial charge in [-0.15, -0.1) is 0 Å². The van der Waals surface area contributed by atoms with Crippen molar-refractivity contribution in [3.8, 4) is 0 Å². The molecule has 0 saturated heterocycles. The molecule has 0 aliphatic carbocycles. The van der Waals surface area contributed by atoms with E-state index in [9.17, 15) is 4.79 Å². The van der Waals surface area contributed by atoms with E-state index in [-0.39, 0.29) is 32.7 Å². The van der Waals surface area contributed by atoms with Crippen LogP contribution in [-0.2, 0) is 37.5 Å². The molecule has 0 aliphatic heterocycles. The zero-order valence-corrected chi connectivity index (χ0v) is 7.52. The Morgan fingerprint density at radius 2 is 2.14 bits per heavy atom. The third-order valence-electron chi connectivity index (χ3n) is 0.676. The molecule has 0 N–H and O–H groups in total. The Bertz CT molecular complexity index is 37.1. The zero-order chi connectivity index (χ0) is 4.83. The minimum atomic E-state index is 0. The molecular formula is C5H10OY. The summed E-state index contributed by atoms with van der Waals surface area (Å²) in [5.74, 6) is 0. The predicted octanol–water partition coefficient (Wildman–Crippen LogP) is 1.37. The number of aldehydes is 1. The average molecular weight is 175 g/mol. The Morgan fingerprint density at radius 1 is 1.57 bits per heavy atom. The summed E-state index contributed by atoms with van der Waals surface area (Å²) in [7, 11) is 0. The van der Waals surface area contributed by atoms with Crippen molar-refractivity contribution in [2.75, 3.05) is 0 Å². The van der Waals surface area contributed by atoms with Gasteiger partial charge in [-0.1, -0.05) is 13.3 Å².